The molecule has 158 valence electrons. The Bertz CT molecular complexity index is 832. The Kier molecular flexibility index (Phi) is 7.94. The zero-order valence-corrected chi connectivity index (χ0v) is 18.5. The van der Waals surface area contributed by atoms with Crippen molar-refractivity contribution < 1.29 is 19.0 Å². The lowest BCUT2D eigenvalue weighted by Gasteiger charge is -2.23. The first-order valence-corrected chi connectivity index (χ1v) is 10.1. The standard InChI is InChI=1S/C24H33NO4/c1-8-20(18-10-12-21(27-6)23(14-18)28-7)25-24(26)17(5)29-22-13-16(4)9-11-19(22)15(2)3/h9-15,17,20H,8H2,1-7H3,(H,25,26)/t17-,20+/m0/s1. The maximum absolute atomic E-state index is 12.8. The first-order valence-electron chi connectivity index (χ1n) is 10.1. The van der Waals surface area contributed by atoms with Gasteiger partial charge in [0, 0.05) is 0 Å². The van der Waals surface area contributed by atoms with Gasteiger partial charge in [0.05, 0.1) is 20.3 Å². The molecule has 0 fully saturated rings. The topological polar surface area (TPSA) is 56.8 Å². The van der Waals surface area contributed by atoms with Gasteiger partial charge in [0.25, 0.3) is 5.91 Å². The zero-order chi connectivity index (χ0) is 21.6. The molecule has 0 heterocycles. The predicted octanol–water partition coefficient (Wildman–Crippen LogP) is 5.17. The van der Waals surface area contributed by atoms with Gasteiger partial charge in [0.15, 0.2) is 17.6 Å². The molecule has 2 aromatic carbocycles. The lowest BCUT2D eigenvalue weighted by Crippen LogP contribution is -2.38. The molecule has 1 N–H and O–H groups in total. The van der Waals surface area contributed by atoms with Crippen LogP contribution in [0.15, 0.2) is 36.4 Å². The highest BCUT2D eigenvalue weighted by molar-refractivity contribution is 5.81. The summed E-state index contributed by atoms with van der Waals surface area (Å²) in [5.41, 5.74) is 3.17. The van der Waals surface area contributed by atoms with Crippen molar-refractivity contribution in [3.05, 3.63) is 53.1 Å². The van der Waals surface area contributed by atoms with Crippen LogP contribution in [0.1, 0.15) is 62.8 Å². The van der Waals surface area contributed by atoms with Crippen molar-refractivity contribution >= 4 is 5.91 Å². The lowest BCUT2D eigenvalue weighted by atomic mass is 10.0. The number of hydrogen-bond acceptors (Lipinski definition) is 4. The van der Waals surface area contributed by atoms with Crippen LogP contribution in [0.5, 0.6) is 17.2 Å². The average Bonchev–Trinajstić information content (AvgIpc) is 2.70. The second-order valence-corrected chi connectivity index (χ2v) is 7.54. The van der Waals surface area contributed by atoms with Gasteiger partial charge in [0.2, 0.25) is 0 Å². The molecule has 0 unspecified atom stereocenters. The summed E-state index contributed by atoms with van der Waals surface area (Å²) in [6.07, 6.45) is 0.138. The van der Waals surface area contributed by atoms with Crippen LogP contribution in [-0.2, 0) is 4.79 Å². The summed E-state index contributed by atoms with van der Waals surface area (Å²) < 4.78 is 16.7. The smallest absolute Gasteiger partial charge is 0.261 e. The summed E-state index contributed by atoms with van der Waals surface area (Å²) >= 11 is 0. The molecule has 2 rings (SSSR count). The quantitative estimate of drug-likeness (QED) is 0.632. The maximum Gasteiger partial charge on any atom is 0.261 e. The van der Waals surface area contributed by atoms with Gasteiger partial charge < -0.3 is 19.5 Å². The fraction of sp³-hybridized carbons (Fsp3) is 0.458. The van der Waals surface area contributed by atoms with Gasteiger partial charge in [-0.3, -0.25) is 4.79 Å². The first-order chi connectivity index (χ1) is 13.8. The fourth-order valence-electron chi connectivity index (χ4n) is 3.24. The van der Waals surface area contributed by atoms with E-state index in [0.29, 0.717) is 17.4 Å². The number of nitrogens with one attached hydrogen (secondary N) is 1. The van der Waals surface area contributed by atoms with E-state index in [1.165, 1.54) is 0 Å². The highest BCUT2D eigenvalue weighted by atomic mass is 16.5. The van der Waals surface area contributed by atoms with Gasteiger partial charge in [-0.05, 0) is 61.1 Å². The molecule has 2 aromatic rings. The minimum Gasteiger partial charge on any atom is -0.493 e. The van der Waals surface area contributed by atoms with Crippen molar-refractivity contribution in [1.82, 2.24) is 5.32 Å². The largest absolute Gasteiger partial charge is 0.493 e. The normalized spacial score (nSPS) is 13.0. The SMILES string of the molecule is CC[C@@H](NC(=O)[C@H](C)Oc1cc(C)ccc1C(C)C)c1ccc(OC)c(OC)c1. The van der Waals surface area contributed by atoms with Crippen LogP contribution >= 0.6 is 0 Å². The highest BCUT2D eigenvalue weighted by Crippen LogP contribution is 2.31. The fourth-order valence-corrected chi connectivity index (χ4v) is 3.24. The Morgan fingerprint density at radius 3 is 2.24 bits per heavy atom. The van der Waals surface area contributed by atoms with E-state index >= 15 is 0 Å². The van der Waals surface area contributed by atoms with E-state index in [-0.39, 0.29) is 11.9 Å². The van der Waals surface area contributed by atoms with Gasteiger partial charge in [0.1, 0.15) is 5.75 Å². The molecule has 0 radical (unpaired) electrons. The second-order valence-electron chi connectivity index (χ2n) is 7.54. The van der Waals surface area contributed by atoms with E-state index in [1.54, 1.807) is 21.1 Å². The summed E-state index contributed by atoms with van der Waals surface area (Å²) in [4.78, 5) is 12.8. The summed E-state index contributed by atoms with van der Waals surface area (Å²) in [6.45, 7) is 10.1. The molecule has 5 heteroatoms. The summed E-state index contributed by atoms with van der Waals surface area (Å²) in [5, 5.41) is 3.09. The number of ether oxygens (including phenoxy) is 3. The molecule has 0 aliphatic carbocycles. The van der Waals surface area contributed by atoms with Crippen molar-refractivity contribution in [3.8, 4) is 17.2 Å². The molecule has 0 aliphatic rings. The number of methoxy groups -OCH3 is 2. The minimum atomic E-state index is -0.608. The Labute approximate surface area is 174 Å². The van der Waals surface area contributed by atoms with Gasteiger partial charge in [-0.1, -0.05) is 39.0 Å². The number of amides is 1. The second kappa shape index (κ2) is 10.2. The Morgan fingerprint density at radius 1 is 0.966 bits per heavy atom. The minimum absolute atomic E-state index is 0.143. The average molecular weight is 400 g/mol. The molecule has 5 nitrogen and oxygen atoms in total. The van der Waals surface area contributed by atoms with E-state index in [0.717, 1.165) is 28.9 Å². The van der Waals surface area contributed by atoms with E-state index in [2.05, 4.69) is 31.3 Å². The van der Waals surface area contributed by atoms with Crippen LogP contribution < -0.4 is 19.5 Å². The summed E-state index contributed by atoms with van der Waals surface area (Å²) in [7, 11) is 3.21. The monoisotopic (exact) mass is 399 g/mol. The Hall–Kier alpha value is -2.69. The van der Waals surface area contributed by atoms with E-state index < -0.39 is 6.10 Å². The third kappa shape index (κ3) is 5.66. The Balaban J connectivity index is 2.15. The first kappa shape index (κ1) is 22.6. The molecular weight excluding hydrogens is 366 g/mol. The molecule has 1 amide bonds. The lowest BCUT2D eigenvalue weighted by molar-refractivity contribution is -0.128. The number of aryl methyl sites for hydroxylation is 1. The van der Waals surface area contributed by atoms with Crippen LogP contribution in [-0.4, -0.2) is 26.2 Å². The van der Waals surface area contributed by atoms with Crippen molar-refractivity contribution in [2.45, 2.75) is 59.1 Å². The third-order valence-corrected chi connectivity index (χ3v) is 5.00. The van der Waals surface area contributed by atoms with Crippen molar-refractivity contribution in [2.75, 3.05) is 14.2 Å². The molecule has 0 aliphatic heterocycles. The van der Waals surface area contributed by atoms with Crippen LogP contribution in [0.2, 0.25) is 0 Å². The molecule has 0 spiro atoms. The van der Waals surface area contributed by atoms with Gasteiger partial charge >= 0.3 is 0 Å². The molecule has 2 atom stereocenters. The molecule has 0 aromatic heterocycles. The zero-order valence-electron chi connectivity index (χ0n) is 18.5. The number of benzene rings is 2. The maximum atomic E-state index is 12.8. The molecule has 29 heavy (non-hydrogen) atoms. The van der Waals surface area contributed by atoms with Crippen molar-refractivity contribution in [2.24, 2.45) is 0 Å². The van der Waals surface area contributed by atoms with E-state index in [1.807, 2.05) is 38.1 Å². The number of carbonyl (C=O) groups is 1. The summed E-state index contributed by atoms with van der Waals surface area (Å²) in [5.74, 6) is 2.24. The predicted molar refractivity (Wildman–Crippen MR) is 116 cm³/mol. The third-order valence-electron chi connectivity index (χ3n) is 5.00. The van der Waals surface area contributed by atoms with Crippen molar-refractivity contribution in [3.63, 3.8) is 0 Å². The van der Waals surface area contributed by atoms with Crippen LogP contribution in [0, 0.1) is 6.92 Å². The molecule has 0 saturated carbocycles. The highest BCUT2D eigenvalue weighted by Gasteiger charge is 2.22. The van der Waals surface area contributed by atoms with E-state index in [9.17, 15) is 4.79 Å². The molecular formula is C24H33NO4. The molecule has 0 bridgehead atoms. The van der Waals surface area contributed by atoms with Gasteiger partial charge in [-0.25, -0.2) is 0 Å². The van der Waals surface area contributed by atoms with E-state index in [4.69, 9.17) is 14.2 Å². The van der Waals surface area contributed by atoms with Crippen LogP contribution in [0.25, 0.3) is 0 Å². The molecule has 0 saturated heterocycles. The van der Waals surface area contributed by atoms with Crippen molar-refractivity contribution in [1.29, 1.82) is 0 Å². The number of carbonyl (C=O) groups excluding carboxylic acids is 1. The summed E-state index contributed by atoms with van der Waals surface area (Å²) in [6, 6.07) is 11.7. The van der Waals surface area contributed by atoms with Crippen LogP contribution in [0.3, 0.4) is 0 Å². The van der Waals surface area contributed by atoms with Gasteiger partial charge in [-0.2, -0.15) is 0 Å². The Morgan fingerprint density at radius 2 is 1.66 bits per heavy atom. The van der Waals surface area contributed by atoms with Crippen LogP contribution in [0.4, 0.5) is 0 Å². The number of rotatable bonds is 9. The van der Waals surface area contributed by atoms with Gasteiger partial charge in [-0.15, -0.1) is 0 Å². The number of hydrogen-bond donors (Lipinski definition) is 1.